The van der Waals surface area contributed by atoms with Crippen LogP contribution in [-0.4, -0.2) is 59.9 Å². The molecule has 1 aromatic rings. The lowest BCUT2D eigenvalue weighted by atomic mass is 10.2. The highest BCUT2D eigenvalue weighted by molar-refractivity contribution is 5.55. The zero-order valence-electron chi connectivity index (χ0n) is 12.4. The minimum Gasteiger partial charge on any atom is -0.486 e. The topological polar surface area (TPSA) is 58.2 Å². The molecule has 1 aliphatic heterocycles. The lowest BCUT2D eigenvalue weighted by Crippen LogP contribution is -2.16. The van der Waals surface area contributed by atoms with E-state index in [0.717, 1.165) is 23.7 Å². The SMILES string of the molecule is COCCOCCOCCNc1ccc2c(c1)OCCO2. The smallest absolute Gasteiger partial charge is 0.163 e. The molecular weight excluding hydrogens is 274 g/mol. The molecule has 1 aromatic carbocycles. The highest BCUT2D eigenvalue weighted by Crippen LogP contribution is 2.32. The molecule has 0 saturated carbocycles. The van der Waals surface area contributed by atoms with Gasteiger partial charge in [0, 0.05) is 25.4 Å². The van der Waals surface area contributed by atoms with Gasteiger partial charge in [0.2, 0.25) is 0 Å². The van der Waals surface area contributed by atoms with E-state index in [-0.39, 0.29) is 0 Å². The van der Waals surface area contributed by atoms with E-state index in [2.05, 4.69) is 5.32 Å². The van der Waals surface area contributed by atoms with Crippen LogP contribution in [0.25, 0.3) is 0 Å². The number of hydrogen-bond donors (Lipinski definition) is 1. The van der Waals surface area contributed by atoms with E-state index in [0.29, 0.717) is 46.2 Å². The van der Waals surface area contributed by atoms with Crippen molar-refractivity contribution in [2.24, 2.45) is 0 Å². The van der Waals surface area contributed by atoms with Crippen LogP contribution in [0, 0.1) is 0 Å². The quantitative estimate of drug-likeness (QED) is 0.661. The third-order valence-corrected chi connectivity index (χ3v) is 2.92. The first-order valence-electron chi connectivity index (χ1n) is 7.18. The Hall–Kier alpha value is -1.50. The van der Waals surface area contributed by atoms with Gasteiger partial charge in [-0.25, -0.2) is 0 Å². The summed E-state index contributed by atoms with van der Waals surface area (Å²) in [5, 5.41) is 3.28. The van der Waals surface area contributed by atoms with Crippen LogP contribution in [0.1, 0.15) is 0 Å². The second-order valence-electron chi connectivity index (χ2n) is 4.50. The summed E-state index contributed by atoms with van der Waals surface area (Å²) in [4.78, 5) is 0. The molecule has 1 aliphatic rings. The van der Waals surface area contributed by atoms with Gasteiger partial charge >= 0.3 is 0 Å². The number of ether oxygens (including phenoxy) is 5. The molecule has 0 spiro atoms. The maximum absolute atomic E-state index is 5.53. The molecule has 0 amide bonds. The number of benzene rings is 1. The lowest BCUT2D eigenvalue weighted by molar-refractivity contribution is 0.0272. The molecule has 118 valence electrons. The van der Waals surface area contributed by atoms with Crippen LogP contribution in [0.4, 0.5) is 5.69 Å². The van der Waals surface area contributed by atoms with Crippen LogP contribution in [0.2, 0.25) is 0 Å². The Morgan fingerprint density at radius 1 is 0.952 bits per heavy atom. The fraction of sp³-hybridized carbons (Fsp3) is 0.600. The standard InChI is InChI=1S/C15H23NO5/c1-17-6-7-19-9-8-18-5-4-16-13-2-3-14-15(12-13)21-11-10-20-14/h2-3,12,16H,4-11H2,1H3. The van der Waals surface area contributed by atoms with E-state index < -0.39 is 0 Å². The molecule has 21 heavy (non-hydrogen) atoms. The minimum absolute atomic E-state index is 0.590. The summed E-state index contributed by atoms with van der Waals surface area (Å²) in [7, 11) is 1.66. The van der Waals surface area contributed by atoms with E-state index in [1.165, 1.54) is 0 Å². The summed E-state index contributed by atoms with van der Waals surface area (Å²) in [6, 6.07) is 5.84. The van der Waals surface area contributed by atoms with Crippen molar-refractivity contribution in [3.05, 3.63) is 18.2 Å². The Kier molecular flexibility index (Phi) is 7.14. The maximum Gasteiger partial charge on any atom is 0.163 e. The second kappa shape index (κ2) is 9.44. The fourth-order valence-electron chi connectivity index (χ4n) is 1.89. The monoisotopic (exact) mass is 297 g/mol. The van der Waals surface area contributed by atoms with E-state index in [1.54, 1.807) is 7.11 Å². The van der Waals surface area contributed by atoms with Gasteiger partial charge in [0.05, 0.1) is 33.0 Å². The maximum atomic E-state index is 5.53. The third-order valence-electron chi connectivity index (χ3n) is 2.92. The predicted molar refractivity (Wildman–Crippen MR) is 79.4 cm³/mol. The summed E-state index contributed by atoms with van der Waals surface area (Å²) >= 11 is 0. The van der Waals surface area contributed by atoms with Crippen molar-refractivity contribution in [1.82, 2.24) is 0 Å². The molecular formula is C15H23NO5. The minimum atomic E-state index is 0.590. The number of methoxy groups -OCH3 is 1. The normalized spacial score (nSPS) is 13.2. The number of hydrogen-bond acceptors (Lipinski definition) is 6. The van der Waals surface area contributed by atoms with Crippen LogP contribution >= 0.6 is 0 Å². The van der Waals surface area contributed by atoms with E-state index in [1.807, 2.05) is 18.2 Å². The second-order valence-corrected chi connectivity index (χ2v) is 4.50. The Labute approximate surface area is 125 Å². The molecule has 0 fully saturated rings. The summed E-state index contributed by atoms with van der Waals surface area (Å²) in [6.45, 7) is 4.98. The van der Waals surface area contributed by atoms with Crippen molar-refractivity contribution in [1.29, 1.82) is 0 Å². The van der Waals surface area contributed by atoms with Crippen LogP contribution in [0.3, 0.4) is 0 Å². The number of anilines is 1. The molecule has 2 rings (SSSR count). The molecule has 0 aromatic heterocycles. The van der Waals surface area contributed by atoms with Crippen molar-refractivity contribution >= 4 is 5.69 Å². The van der Waals surface area contributed by atoms with Gasteiger partial charge < -0.3 is 29.0 Å². The molecule has 0 radical (unpaired) electrons. The van der Waals surface area contributed by atoms with E-state index in [4.69, 9.17) is 23.7 Å². The van der Waals surface area contributed by atoms with Crippen LogP contribution in [-0.2, 0) is 14.2 Å². The Morgan fingerprint density at radius 3 is 2.48 bits per heavy atom. The van der Waals surface area contributed by atoms with Crippen LogP contribution in [0.5, 0.6) is 11.5 Å². The first kappa shape index (κ1) is 15.9. The molecule has 0 aliphatic carbocycles. The molecule has 6 nitrogen and oxygen atoms in total. The predicted octanol–water partition coefficient (Wildman–Crippen LogP) is 1.55. The van der Waals surface area contributed by atoms with Crippen molar-refractivity contribution in [2.75, 3.05) is 65.2 Å². The highest BCUT2D eigenvalue weighted by Gasteiger charge is 2.11. The average molecular weight is 297 g/mol. The first-order chi connectivity index (χ1) is 10.4. The molecule has 0 saturated heterocycles. The molecule has 0 atom stereocenters. The van der Waals surface area contributed by atoms with Gasteiger partial charge in [-0.15, -0.1) is 0 Å². The van der Waals surface area contributed by atoms with Crippen LogP contribution < -0.4 is 14.8 Å². The molecule has 1 heterocycles. The van der Waals surface area contributed by atoms with Crippen molar-refractivity contribution in [3.63, 3.8) is 0 Å². The molecule has 6 heteroatoms. The lowest BCUT2D eigenvalue weighted by Gasteiger charge is -2.19. The van der Waals surface area contributed by atoms with Crippen molar-refractivity contribution in [2.45, 2.75) is 0 Å². The van der Waals surface area contributed by atoms with Crippen molar-refractivity contribution in [3.8, 4) is 11.5 Å². The first-order valence-corrected chi connectivity index (χ1v) is 7.18. The third kappa shape index (κ3) is 5.79. The fourth-order valence-corrected chi connectivity index (χ4v) is 1.89. The van der Waals surface area contributed by atoms with Gasteiger partial charge in [0.1, 0.15) is 13.2 Å². The van der Waals surface area contributed by atoms with Crippen molar-refractivity contribution < 1.29 is 23.7 Å². The zero-order valence-corrected chi connectivity index (χ0v) is 12.4. The summed E-state index contributed by atoms with van der Waals surface area (Å²) in [5.74, 6) is 1.59. The van der Waals surface area contributed by atoms with Gasteiger partial charge in [-0.05, 0) is 12.1 Å². The number of fused-ring (bicyclic) bond motifs is 1. The number of rotatable bonds is 10. The summed E-state index contributed by atoms with van der Waals surface area (Å²) in [6.07, 6.45) is 0. The van der Waals surface area contributed by atoms with Gasteiger partial charge in [-0.1, -0.05) is 0 Å². The Balaban J connectivity index is 1.54. The van der Waals surface area contributed by atoms with Gasteiger partial charge in [-0.2, -0.15) is 0 Å². The Bertz CT molecular complexity index is 413. The van der Waals surface area contributed by atoms with E-state index in [9.17, 15) is 0 Å². The molecule has 1 N–H and O–H groups in total. The largest absolute Gasteiger partial charge is 0.486 e. The molecule has 0 unspecified atom stereocenters. The van der Waals surface area contributed by atoms with Crippen LogP contribution in [0.15, 0.2) is 18.2 Å². The summed E-state index contributed by atoms with van der Waals surface area (Å²) in [5.41, 5.74) is 0.999. The van der Waals surface area contributed by atoms with E-state index >= 15 is 0 Å². The van der Waals surface area contributed by atoms with Gasteiger partial charge in [-0.3, -0.25) is 0 Å². The number of nitrogens with one attached hydrogen (secondary N) is 1. The average Bonchev–Trinajstić information content (AvgIpc) is 2.53. The van der Waals surface area contributed by atoms with Gasteiger partial charge in [0.25, 0.3) is 0 Å². The Morgan fingerprint density at radius 2 is 1.67 bits per heavy atom. The highest BCUT2D eigenvalue weighted by atomic mass is 16.6. The molecule has 0 bridgehead atoms. The summed E-state index contributed by atoms with van der Waals surface area (Å²) < 4.78 is 26.7. The zero-order chi connectivity index (χ0) is 14.8. The van der Waals surface area contributed by atoms with Gasteiger partial charge in [0.15, 0.2) is 11.5 Å².